The fraction of sp³-hybridized carbons (Fsp3) is 0.400. The lowest BCUT2D eigenvalue weighted by Crippen LogP contribution is -2.54. The standard InChI is InChI=1S/C25H30N2O6/c1-25(16-28,23(30)31)27-22(29)13-3-2-8-14-26-24(32)33-15-21-19-11-6-4-9-17(19)18-10-5-7-12-20(18)21/h4-7,9-12,21,28H,2-3,8,13-16H2,1H3,(H,26,32)(H,27,29)(H,30,31). The van der Waals surface area contributed by atoms with Gasteiger partial charge in [-0.2, -0.15) is 0 Å². The Kier molecular flexibility index (Phi) is 8.06. The molecule has 2 amide bonds. The monoisotopic (exact) mass is 454 g/mol. The molecule has 1 aliphatic rings. The number of aliphatic hydroxyl groups excluding tert-OH is 1. The second-order valence-corrected chi connectivity index (χ2v) is 8.41. The van der Waals surface area contributed by atoms with Crippen LogP contribution in [0.25, 0.3) is 11.1 Å². The topological polar surface area (TPSA) is 125 Å². The van der Waals surface area contributed by atoms with Gasteiger partial charge in [-0.3, -0.25) is 4.79 Å². The van der Waals surface area contributed by atoms with E-state index in [1.54, 1.807) is 0 Å². The number of carboxylic acids is 1. The highest BCUT2D eigenvalue weighted by molar-refractivity contribution is 5.86. The van der Waals surface area contributed by atoms with Gasteiger partial charge in [0.1, 0.15) is 6.61 Å². The van der Waals surface area contributed by atoms with Crippen LogP contribution >= 0.6 is 0 Å². The summed E-state index contributed by atoms with van der Waals surface area (Å²) < 4.78 is 5.48. The minimum atomic E-state index is -1.68. The van der Waals surface area contributed by atoms with Crippen molar-refractivity contribution >= 4 is 18.0 Å². The number of unbranched alkanes of at least 4 members (excludes halogenated alkanes) is 2. The molecule has 8 nitrogen and oxygen atoms in total. The highest BCUT2D eigenvalue weighted by Crippen LogP contribution is 2.44. The van der Waals surface area contributed by atoms with Gasteiger partial charge in [-0.05, 0) is 42.0 Å². The Morgan fingerprint density at radius 2 is 1.58 bits per heavy atom. The molecule has 1 unspecified atom stereocenters. The molecule has 2 aromatic carbocycles. The Morgan fingerprint density at radius 3 is 2.15 bits per heavy atom. The molecule has 0 aliphatic heterocycles. The number of aliphatic hydroxyl groups is 1. The number of rotatable bonds is 11. The van der Waals surface area contributed by atoms with E-state index in [2.05, 4.69) is 34.9 Å². The summed E-state index contributed by atoms with van der Waals surface area (Å²) in [5, 5.41) is 23.3. The SMILES string of the molecule is CC(CO)(NC(=O)CCCCCNC(=O)OCC1c2ccccc2-c2ccccc21)C(=O)O. The van der Waals surface area contributed by atoms with Gasteiger partial charge in [-0.1, -0.05) is 55.0 Å². The average Bonchev–Trinajstić information content (AvgIpc) is 3.13. The highest BCUT2D eigenvalue weighted by atomic mass is 16.5. The maximum absolute atomic E-state index is 12.1. The summed E-state index contributed by atoms with van der Waals surface area (Å²) in [6, 6.07) is 16.3. The molecule has 4 N–H and O–H groups in total. The van der Waals surface area contributed by atoms with Crippen molar-refractivity contribution in [3.05, 3.63) is 59.7 Å². The number of aliphatic carboxylic acids is 1. The molecule has 2 aromatic rings. The Balaban J connectivity index is 1.35. The molecule has 0 aromatic heterocycles. The summed E-state index contributed by atoms with van der Waals surface area (Å²) in [7, 11) is 0. The van der Waals surface area contributed by atoms with Gasteiger partial charge >= 0.3 is 12.1 Å². The second-order valence-electron chi connectivity index (χ2n) is 8.41. The van der Waals surface area contributed by atoms with E-state index in [4.69, 9.17) is 14.9 Å². The first-order valence-corrected chi connectivity index (χ1v) is 11.1. The number of benzene rings is 2. The quantitative estimate of drug-likeness (QED) is 0.387. The van der Waals surface area contributed by atoms with Crippen LogP contribution in [0.15, 0.2) is 48.5 Å². The van der Waals surface area contributed by atoms with Gasteiger partial charge in [0.25, 0.3) is 0 Å². The van der Waals surface area contributed by atoms with Crippen LogP contribution in [0.2, 0.25) is 0 Å². The lowest BCUT2D eigenvalue weighted by molar-refractivity contribution is -0.148. The number of carboxylic acid groups (broad SMARTS) is 1. The second kappa shape index (κ2) is 11.0. The van der Waals surface area contributed by atoms with Crippen molar-refractivity contribution in [3.63, 3.8) is 0 Å². The summed E-state index contributed by atoms with van der Waals surface area (Å²) in [6.07, 6.45) is 1.55. The van der Waals surface area contributed by atoms with Gasteiger partial charge in [0.15, 0.2) is 5.54 Å². The van der Waals surface area contributed by atoms with Gasteiger partial charge in [0, 0.05) is 18.9 Å². The van der Waals surface area contributed by atoms with E-state index >= 15 is 0 Å². The first-order valence-electron chi connectivity index (χ1n) is 11.1. The van der Waals surface area contributed by atoms with Crippen LogP contribution in [0.3, 0.4) is 0 Å². The van der Waals surface area contributed by atoms with Crippen LogP contribution in [0.1, 0.15) is 49.7 Å². The molecule has 0 spiro atoms. The first kappa shape index (κ1) is 24.3. The van der Waals surface area contributed by atoms with Crippen molar-refractivity contribution in [2.45, 2.75) is 44.1 Å². The van der Waals surface area contributed by atoms with Crippen LogP contribution < -0.4 is 10.6 Å². The predicted molar refractivity (Wildman–Crippen MR) is 123 cm³/mol. The van der Waals surface area contributed by atoms with Crippen LogP contribution in [0.4, 0.5) is 4.79 Å². The molecule has 0 heterocycles. The van der Waals surface area contributed by atoms with Crippen LogP contribution in [-0.2, 0) is 14.3 Å². The van der Waals surface area contributed by atoms with E-state index in [1.807, 2.05) is 24.3 Å². The molecule has 0 saturated heterocycles. The fourth-order valence-electron chi connectivity index (χ4n) is 3.96. The number of carbonyl (C=O) groups excluding carboxylic acids is 2. The third-order valence-electron chi connectivity index (χ3n) is 5.90. The first-order chi connectivity index (χ1) is 15.9. The van der Waals surface area contributed by atoms with Crippen molar-refractivity contribution in [1.29, 1.82) is 0 Å². The molecular weight excluding hydrogens is 424 g/mol. The number of alkyl carbamates (subject to hydrolysis) is 1. The minimum Gasteiger partial charge on any atom is -0.479 e. The Bertz CT molecular complexity index is 962. The molecular formula is C25H30N2O6. The molecule has 0 bridgehead atoms. The molecule has 33 heavy (non-hydrogen) atoms. The lowest BCUT2D eigenvalue weighted by Gasteiger charge is -2.23. The Labute approximate surface area is 193 Å². The molecule has 0 saturated carbocycles. The summed E-state index contributed by atoms with van der Waals surface area (Å²) in [5.74, 6) is -1.71. The summed E-state index contributed by atoms with van der Waals surface area (Å²) >= 11 is 0. The normalized spacial score (nSPS) is 14.0. The number of hydrogen-bond donors (Lipinski definition) is 4. The van der Waals surface area contributed by atoms with E-state index in [0.717, 1.165) is 11.1 Å². The van der Waals surface area contributed by atoms with Gasteiger partial charge < -0.3 is 25.6 Å². The van der Waals surface area contributed by atoms with Gasteiger partial charge in [0.05, 0.1) is 6.61 Å². The summed E-state index contributed by atoms with van der Waals surface area (Å²) in [5.41, 5.74) is 2.99. The summed E-state index contributed by atoms with van der Waals surface area (Å²) in [6.45, 7) is 1.25. The number of carbonyl (C=O) groups is 3. The molecule has 0 radical (unpaired) electrons. The Hall–Kier alpha value is -3.39. The van der Waals surface area contributed by atoms with Crippen molar-refractivity contribution in [3.8, 4) is 11.1 Å². The third kappa shape index (κ3) is 5.90. The molecule has 176 valence electrons. The largest absolute Gasteiger partial charge is 0.479 e. The van der Waals surface area contributed by atoms with Gasteiger partial charge in [-0.15, -0.1) is 0 Å². The lowest BCUT2D eigenvalue weighted by atomic mass is 9.98. The minimum absolute atomic E-state index is 0.0112. The molecule has 0 fully saturated rings. The van der Waals surface area contributed by atoms with E-state index in [9.17, 15) is 14.4 Å². The van der Waals surface area contributed by atoms with Crippen molar-refractivity contribution in [2.75, 3.05) is 19.8 Å². The Morgan fingerprint density at radius 1 is 0.970 bits per heavy atom. The van der Waals surface area contributed by atoms with Crippen LogP contribution in [0, 0.1) is 0 Å². The molecule has 1 atom stereocenters. The maximum atomic E-state index is 12.1. The van der Waals surface area contributed by atoms with Crippen molar-refractivity contribution in [1.82, 2.24) is 10.6 Å². The van der Waals surface area contributed by atoms with Gasteiger partial charge in [-0.25, -0.2) is 9.59 Å². The fourth-order valence-corrected chi connectivity index (χ4v) is 3.96. The molecule has 3 rings (SSSR count). The number of fused-ring (bicyclic) bond motifs is 3. The summed E-state index contributed by atoms with van der Waals surface area (Å²) in [4.78, 5) is 35.1. The van der Waals surface area contributed by atoms with Crippen molar-refractivity contribution in [2.24, 2.45) is 0 Å². The van der Waals surface area contributed by atoms with Gasteiger partial charge in [0.2, 0.25) is 5.91 Å². The van der Waals surface area contributed by atoms with Crippen LogP contribution in [-0.4, -0.2) is 53.5 Å². The number of hydrogen-bond acceptors (Lipinski definition) is 5. The number of nitrogens with one attached hydrogen (secondary N) is 2. The zero-order chi connectivity index (χ0) is 23.8. The zero-order valence-corrected chi connectivity index (χ0v) is 18.7. The van der Waals surface area contributed by atoms with E-state index in [-0.39, 0.29) is 18.9 Å². The third-order valence-corrected chi connectivity index (χ3v) is 5.90. The predicted octanol–water partition coefficient (Wildman–Crippen LogP) is 3.04. The highest BCUT2D eigenvalue weighted by Gasteiger charge is 2.33. The molecule has 1 aliphatic carbocycles. The molecule has 8 heteroatoms. The van der Waals surface area contributed by atoms with E-state index in [1.165, 1.54) is 18.1 Å². The van der Waals surface area contributed by atoms with Crippen molar-refractivity contribution < 1.29 is 29.3 Å². The maximum Gasteiger partial charge on any atom is 0.407 e. The number of ether oxygens (including phenoxy) is 1. The smallest absolute Gasteiger partial charge is 0.407 e. The van der Waals surface area contributed by atoms with E-state index in [0.29, 0.717) is 25.8 Å². The number of amides is 2. The van der Waals surface area contributed by atoms with Crippen LogP contribution in [0.5, 0.6) is 0 Å². The zero-order valence-electron chi connectivity index (χ0n) is 18.7. The van der Waals surface area contributed by atoms with E-state index < -0.39 is 30.1 Å². The average molecular weight is 455 g/mol.